The molecule has 3 rings (SSSR count). The van der Waals surface area contributed by atoms with E-state index in [9.17, 15) is 13.2 Å². The van der Waals surface area contributed by atoms with Gasteiger partial charge < -0.3 is 4.98 Å². The van der Waals surface area contributed by atoms with Crippen LogP contribution in [0, 0.1) is 6.92 Å². The predicted octanol–water partition coefficient (Wildman–Crippen LogP) is 5.16. The zero-order valence-corrected chi connectivity index (χ0v) is 10.8. The van der Waals surface area contributed by atoms with Crippen LogP contribution < -0.4 is 0 Å². The van der Waals surface area contributed by atoms with Crippen LogP contribution in [0.25, 0.3) is 22.0 Å². The number of aryl methyl sites for hydroxylation is 1. The molecule has 0 spiro atoms. The minimum atomic E-state index is -4.30. The topological polar surface area (TPSA) is 15.8 Å². The second-order valence-corrected chi connectivity index (χ2v) is 4.77. The van der Waals surface area contributed by atoms with Gasteiger partial charge in [-0.05, 0) is 41.8 Å². The Labute approximate surface area is 114 Å². The van der Waals surface area contributed by atoms with Crippen LogP contribution in [0.3, 0.4) is 0 Å². The highest BCUT2D eigenvalue weighted by molar-refractivity contribution is 5.97. The molecule has 0 radical (unpaired) electrons. The lowest BCUT2D eigenvalue weighted by Gasteiger charge is -2.09. The molecule has 0 unspecified atom stereocenters. The van der Waals surface area contributed by atoms with E-state index in [2.05, 4.69) is 4.98 Å². The third-order valence-corrected chi connectivity index (χ3v) is 3.43. The smallest absolute Gasteiger partial charge is 0.361 e. The third kappa shape index (κ3) is 2.07. The molecule has 0 aliphatic carbocycles. The predicted molar refractivity (Wildman–Crippen MR) is 73.5 cm³/mol. The summed E-state index contributed by atoms with van der Waals surface area (Å²) in [4.78, 5) is 3.15. The fraction of sp³-hybridized carbons (Fsp3) is 0.125. The number of fused-ring (bicyclic) bond motifs is 1. The first-order chi connectivity index (χ1) is 9.47. The van der Waals surface area contributed by atoms with Gasteiger partial charge in [-0.25, -0.2) is 0 Å². The van der Waals surface area contributed by atoms with Crippen molar-refractivity contribution >= 4 is 10.9 Å². The average Bonchev–Trinajstić information content (AvgIpc) is 2.80. The van der Waals surface area contributed by atoms with E-state index in [1.807, 2.05) is 31.3 Å². The van der Waals surface area contributed by atoms with E-state index in [1.165, 1.54) is 12.1 Å². The van der Waals surface area contributed by atoms with Gasteiger partial charge >= 0.3 is 6.18 Å². The van der Waals surface area contributed by atoms with Crippen LogP contribution >= 0.6 is 0 Å². The van der Waals surface area contributed by atoms with Crippen LogP contribution in [0.2, 0.25) is 0 Å². The highest BCUT2D eigenvalue weighted by Gasteiger charge is 2.30. The quantitative estimate of drug-likeness (QED) is 0.631. The first kappa shape index (κ1) is 12.8. The lowest BCUT2D eigenvalue weighted by molar-refractivity contribution is -0.137. The van der Waals surface area contributed by atoms with Gasteiger partial charge in [0.2, 0.25) is 0 Å². The SMILES string of the molecule is Cc1c[nH]c2cccc(-c3ccc(C(F)(F)F)cc3)c12. The van der Waals surface area contributed by atoms with Crippen molar-refractivity contribution in [3.05, 3.63) is 59.8 Å². The van der Waals surface area contributed by atoms with Crippen LogP contribution in [0.15, 0.2) is 48.7 Å². The molecule has 0 saturated heterocycles. The molecule has 1 nitrogen and oxygen atoms in total. The molecular weight excluding hydrogens is 263 g/mol. The summed E-state index contributed by atoms with van der Waals surface area (Å²) in [7, 11) is 0. The first-order valence-corrected chi connectivity index (χ1v) is 6.21. The van der Waals surface area contributed by atoms with Gasteiger partial charge in [0.1, 0.15) is 0 Å². The molecule has 1 N–H and O–H groups in total. The average molecular weight is 275 g/mol. The van der Waals surface area contributed by atoms with Crippen LogP contribution in [-0.4, -0.2) is 4.98 Å². The summed E-state index contributed by atoms with van der Waals surface area (Å²) >= 11 is 0. The molecule has 1 aromatic heterocycles. The zero-order valence-electron chi connectivity index (χ0n) is 10.8. The molecular formula is C16H12F3N. The fourth-order valence-electron chi connectivity index (χ4n) is 2.43. The number of H-pyrrole nitrogens is 1. The molecule has 0 amide bonds. The highest BCUT2D eigenvalue weighted by atomic mass is 19.4. The van der Waals surface area contributed by atoms with Gasteiger partial charge in [-0.2, -0.15) is 13.2 Å². The number of hydrogen-bond acceptors (Lipinski definition) is 0. The van der Waals surface area contributed by atoms with E-state index >= 15 is 0 Å². The lowest BCUT2D eigenvalue weighted by atomic mass is 9.98. The van der Waals surface area contributed by atoms with Crippen molar-refractivity contribution in [2.24, 2.45) is 0 Å². The Morgan fingerprint density at radius 2 is 1.65 bits per heavy atom. The van der Waals surface area contributed by atoms with Crippen LogP contribution in [0.1, 0.15) is 11.1 Å². The molecule has 1 heterocycles. The van der Waals surface area contributed by atoms with Crippen LogP contribution in [-0.2, 0) is 6.18 Å². The Hall–Kier alpha value is -2.23. The molecule has 0 bridgehead atoms. The van der Waals surface area contributed by atoms with Crippen molar-refractivity contribution in [2.45, 2.75) is 13.1 Å². The number of nitrogens with one attached hydrogen (secondary N) is 1. The molecule has 20 heavy (non-hydrogen) atoms. The number of benzene rings is 2. The number of halogens is 3. The number of rotatable bonds is 1. The number of alkyl halides is 3. The Balaban J connectivity index is 2.14. The van der Waals surface area contributed by atoms with Crippen molar-refractivity contribution in [3.63, 3.8) is 0 Å². The summed E-state index contributed by atoms with van der Waals surface area (Å²) in [5.41, 5.74) is 3.16. The van der Waals surface area contributed by atoms with E-state index < -0.39 is 11.7 Å². The van der Waals surface area contributed by atoms with Gasteiger partial charge in [-0.3, -0.25) is 0 Å². The first-order valence-electron chi connectivity index (χ1n) is 6.21. The maximum Gasteiger partial charge on any atom is 0.416 e. The van der Waals surface area contributed by atoms with E-state index in [0.717, 1.165) is 39.7 Å². The monoisotopic (exact) mass is 275 g/mol. The van der Waals surface area contributed by atoms with Gasteiger partial charge in [-0.1, -0.05) is 24.3 Å². The summed E-state index contributed by atoms with van der Waals surface area (Å²) in [6.07, 6.45) is -2.40. The normalized spacial score (nSPS) is 12.0. The summed E-state index contributed by atoms with van der Waals surface area (Å²) in [6.45, 7) is 1.98. The van der Waals surface area contributed by atoms with Crippen LogP contribution in [0.4, 0.5) is 13.2 Å². The van der Waals surface area contributed by atoms with Crippen molar-refractivity contribution in [2.75, 3.05) is 0 Å². The molecule has 4 heteroatoms. The van der Waals surface area contributed by atoms with Crippen molar-refractivity contribution in [1.29, 1.82) is 0 Å². The Morgan fingerprint density at radius 1 is 0.950 bits per heavy atom. The van der Waals surface area contributed by atoms with Crippen molar-refractivity contribution in [1.82, 2.24) is 4.98 Å². The molecule has 2 aromatic carbocycles. The van der Waals surface area contributed by atoms with Crippen LogP contribution in [0.5, 0.6) is 0 Å². The molecule has 0 atom stereocenters. The van der Waals surface area contributed by atoms with Crippen molar-refractivity contribution < 1.29 is 13.2 Å². The lowest BCUT2D eigenvalue weighted by Crippen LogP contribution is -2.03. The third-order valence-electron chi connectivity index (χ3n) is 3.43. The molecule has 0 aliphatic rings. The largest absolute Gasteiger partial charge is 0.416 e. The van der Waals surface area contributed by atoms with E-state index in [4.69, 9.17) is 0 Å². The highest BCUT2D eigenvalue weighted by Crippen LogP contribution is 2.34. The Bertz CT molecular complexity index is 751. The second kappa shape index (κ2) is 4.40. The Kier molecular flexibility index (Phi) is 2.82. The minimum absolute atomic E-state index is 0.626. The fourth-order valence-corrected chi connectivity index (χ4v) is 2.43. The maximum absolute atomic E-state index is 12.6. The molecule has 3 aromatic rings. The molecule has 0 fully saturated rings. The number of aromatic nitrogens is 1. The van der Waals surface area contributed by atoms with Gasteiger partial charge in [0.05, 0.1) is 5.56 Å². The van der Waals surface area contributed by atoms with Crippen molar-refractivity contribution in [3.8, 4) is 11.1 Å². The van der Waals surface area contributed by atoms with E-state index in [0.29, 0.717) is 0 Å². The van der Waals surface area contributed by atoms with Gasteiger partial charge in [0.15, 0.2) is 0 Å². The summed E-state index contributed by atoms with van der Waals surface area (Å²) in [5.74, 6) is 0. The number of aromatic amines is 1. The standard InChI is InChI=1S/C16H12F3N/c1-10-9-20-14-4-2-3-13(15(10)14)11-5-7-12(8-6-11)16(17,18)19/h2-9,20H,1H3. The molecule has 102 valence electrons. The summed E-state index contributed by atoms with van der Waals surface area (Å²) < 4.78 is 37.8. The maximum atomic E-state index is 12.6. The van der Waals surface area contributed by atoms with E-state index in [1.54, 1.807) is 0 Å². The van der Waals surface area contributed by atoms with Gasteiger partial charge in [0.25, 0.3) is 0 Å². The van der Waals surface area contributed by atoms with Gasteiger partial charge in [-0.15, -0.1) is 0 Å². The number of hydrogen-bond donors (Lipinski definition) is 1. The summed E-state index contributed by atoms with van der Waals surface area (Å²) in [6, 6.07) is 11.0. The molecule has 0 aliphatic heterocycles. The summed E-state index contributed by atoms with van der Waals surface area (Å²) in [5, 5.41) is 1.05. The second-order valence-electron chi connectivity index (χ2n) is 4.77. The van der Waals surface area contributed by atoms with Gasteiger partial charge in [0, 0.05) is 17.1 Å². The van der Waals surface area contributed by atoms with E-state index in [-0.39, 0.29) is 0 Å². The zero-order chi connectivity index (χ0) is 14.3. The minimum Gasteiger partial charge on any atom is -0.361 e. The molecule has 0 saturated carbocycles. The Morgan fingerprint density at radius 3 is 2.30 bits per heavy atom.